The van der Waals surface area contributed by atoms with Crippen LogP contribution in [-0.2, 0) is 0 Å². The zero-order valence-corrected chi connectivity index (χ0v) is 3.89. The van der Waals surface area contributed by atoms with Gasteiger partial charge in [0.15, 0.2) is 0 Å². The molecule has 0 aliphatic heterocycles. The van der Waals surface area contributed by atoms with Gasteiger partial charge in [0.25, 0.3) is 0 Å². The topological polar surface area (TPSA) is 57.4 Å². The number of fused-ring (bicyclic) bond motifs is 1. The third kappa shape index (κ3) is 0.294. The molecule has 0 spiro atoms. The van der Waals surface area contributed by atoms with E-state index in [1.807, 2.05) is 0 Å². The third-order valence-electron chi connectivity index (χ3n) is 0.921. The van der Waals surface area contributed by atoms with Crippen LogP contribution in [0.15, 0.2) is 0 Å². The maximum absolute atomic E-state index is 3.61. The summed E-state index contributed by atoms with van der Waals surface area (Å²) in [6.45, 7) is 0. The van der Waals surface area contributed by atoms with Crippen LogP contribution in [0.25, 0.3) is 11.0 Å². The van der Waals surface area contributed by atoms with Crippen molar-refractivity contribution in [2.24, 2.45) is 0 Å². The van der Waals surface area contributed by atoms with E-state index in [4.69, 9.17) is 0 Å². The van der Waals surface area contributed by atoms with Crippen LogP contribution < -0.4 is 0 Å². The van der Waals surface area contributed by atoms with Gasteiger partial charge in [-0.25, -0.2) is 0 Å². The van der Waals surface area contributed by atoms with Crippen LogP contribution in [0.4, 0.5) is 0 Å². The first kappa shape index (κ1) is 3.65. The smallest absolute Gasteiger partial charge is 0.140 e. The molecule has 0 aromatic carbocycles. The minimum Gasteiger partial charge on any atom is -0.273 e. The van der Waals surface area contributed by atoms with Crippen molar-refractivity contribution in [3.05, 3.63) is 12.4 Å². The SMILES string of the molecule is [c]1n[nH]c2[c]n[nH]c12. The van der Waals surface area contributed by atoms with Crippen molar-refractivity contribution in [2.75, 3.05) is 0 Å². The van der Waals surface area contributed by atoms with E-state index in [1.165, 1.54) is 0 Å². The summed E-state index contributed by atoms with van der Waals surface area (Å²) in [6.07, 6.45) is 5.29. The predicted molar refractivity (Wildman–Crippen MR) is 25.9 cm³/mol. The molecule has 2 heterocycles. The summed E-state index contributed by atoms with van der Waals surface area (Å²) in [5.41, 5.74) is 1.54. The number of aromatic nitrogens is 4. The average Bonchev–Trinajstić information content (AvgIpc) is 2.15. The second-order valence-electron chi connectivity index (χ2n) is 1.42. The Kier molecular flexibility index (Phi) is 0.498. The summed E-state index contributed by atoms with van der Waals surface area (Å²) >= 11 is 0. The van der Waals surface area contributed by atoms with E-state index in [-0.39, 0.29) is 0 Å². The van der Waals surface area contributed by atoms with Crippen LogP contribution in [0.3, 0.4) is 0 Å². The molecule has 2 aromatic rings. The summed E-state index contributed by atoms with van der Waals surface area (Å²) < 4.78 is 0. The molecule has 0 saturated heterocycles. The molecule has 0 fully saturated rings. The van der Waals surface area contributed by atoms with Gasteiger partial charge in [-0.3, -0.25) is 10.2 Å². The summed E-state index contributed by atoms with van der Waals surface area (Å²) in [5, 5.41) is 12.5. The Morgan fingerprint density at radius 1 is 1.00 bits per heavy atom. The van der Waals surface area contributed by atoms with Crippen LogP contribution >= 0.6 is 0 Å². The fraction of sp³-hybridized carbons (Fsp3) is 0. The normalized spacial score (nSPS) is 10.5. The Hall–Kier alpha value is -1.32. The maximum Gasteiger partial charge on any atom is 0.140 e. The predicted octanol–water partition coefficient (Wildman–Crippen LogP) is -0.114. The number of rotatable bonds is 0. The molecule has 4 nitrogen and oxygen atoms in total. The molecule has 4 heteroatoms. The van der Waals surface area contributed by atoms with Crippen molar-refractivity contribution < 1.29 is 0 Å². The van der Waals surface area contributed by atoms with Gasteiger partial charge < -0.3 is 0 Å². The largest absolute Gasteiger partial charge is 0.273 e. The van der Waals surface area contributed by atoms with Gasteiger partial charge in [-0.05, 0) is 0 Å². The van der Waals surface area contributed by atoms with Gasteiger partial charge in [0.05, 0.1) is 0 Å². The number of H-pyrrole nitrogens is 2. The molecule has 0 unspecified atom stereocenters. The Morgan fingerprint density at radius 2 is 1.50 bits per heavy atom. The Bertz CT molecular complexity index is 229. The molecule has 0 aliphatic rings. The highest BCUT2D eigenvalue weighted by molar-refractivity contribution is 5.70. The van der Waals surface area contributed by atoms with Crippen LogP contribution in [0, 0.1) is 12.4 Å². The van der Waals surface area contributed by atoms with E-state index in [9.17, 15) is 0 Å². The zero-order valence-electron chi connectivity index (χ0n) is 3.89. The van der Waals surface area contributed by atoms with Crippen molar-refractivity contribution in [1.29, 1.82) is 0 Å². The molecule has 2 aromatic heterocycles. The van der Waals surface area contributed by atoms with Crippen LogP contribution in [0.2, 0.25) is 0 Å². The summed E-state index contributed by atoms with van der Waals surface area (Å²) in [5.74, 6) is 0. The highest BCUT2D eigenvalue weighted by Crippen LogP contribution is 1.99. The van der Waals surface area contributed by atoms with Gasteiger partial charge in [-0.1, -0.05) is 0 Å². The maximum atomic E-state index is 3.61. The van der Waals surface area contributed by atoms with Crippen LogP contribution in [0.5, 0.6) is 0 Å². The van der Waals surface area contributed by atoms with Crippen molar-refractivity contribution in [1.82, 2.24) is 20.4 Å². The molecule has 2 rings (SSSR count). The quantitative estimate of drug-likeness (QED) is 0.492. The minimum absolute atomic E-state index is 0.769. The van der Waals surface area contributed by atoms with Crippen molar-refractivity contribution in [3.8, 4) is 0 Å². The van der Waals surface area contributed by atoms with E-state index in [0.717, 1.165) is 11.0 Å². The van der Waals surface area contributed by atoms with E-state index in [2.05, 4.69) is 32.8 Å². The number of nitrogens with zero attached hydrogens (tertiary/aromatic N) is 2. The molecule has 8 heavy (non-hydrogen) atoms. The fourth-order valence-corrected chi connectivity index (χ4v) is 0.553. The Balaban J connectivity index is 3.06. The molecule has 0 bridgehead atoms. The third-order valence-corrected chi connectivity index (χ3v) is 0.921. The van der Waals surface area contributed by atoms with Gasteiger partial charge >= 0.3 is 0 Å². The van der Waals surface area contributed by atoms with Gasteiger partial charge in [0.2, 0.25) is 0 Å². The molecule has 0 amide bonds. The monoisotopic (exact) mass is 106 g/mol. The number of hydrogen-bond donors (Lipinski definition) is 2. The molecule has 0 saturated carbocycles. The molecule has 38 valence electrons. The van der Waals surface area contributed by atoms with Crippen LogP contribution in [0.1, 0.15) is 0 Å². The van der Waals surface area contributed by atoms with Crippen molar-refractivity contribution in [3.63, 3.8) is 0 Å². The number of hydrogen-bond acceptors (Lipinski definition) is 2. The molecule has 0 aliphatic carbocycles. The number of nitrogens with one attached hydrogen (secondary N) is 2. The lowest BCUT2D eigenvalue weighted by atomic mass is 10.5. The summed E-state index contributed by atoms with van der Waals surface area (Å²) in [4.78, 5) is 0. The second-order valence-corrected chi connectivity index (χ2v) is 1.42. The lowest BCUT2D eigenvalue weighted by Crippen LogP contribution is -1.64. The lowest BCUT2D eigenvalue weighted by Gasteiger charge is -1.61. The molecular weight excluding hydrogens is 104 g/mol. The van der Waals surface area contributed by atoms with Crippen LogP contribution in [-0.4, -0.2) is 20.4 Å². The fourth-order valence-electron chi connectivity index (χ4n) is 0.553. The molecule has 2 N–H and O–H groups in total. The standard InChI is InChI=1S/C4H2N4/c1-3-4(8-5-1)2-6-7-3/h(H,5,8)(H,6,7). The van der Waals surface area contributed by atoms with Gasteiger partial charge in [-0.15, -0.1) is 0 Å². The van der Waals surface area contributed by atoms with Crippen molar-refractivity contribution in [2.45, 2.75) is 0 Å². The number of aromatic amines is 2. The minimum atomic E-state index is 0.769. The van der Waals surface area contributed by atoms with E-state index < -0.39 is 0 Å². The van der Waals surface area contributed by atoms with Gasteiger partial charge in [0, 0.05) is 0 Å². The average molecular weight is 106 g/mol. The molecule has 2 radical (unpaired) electrons. The summed E-state index contributed by atoms with van der Waals surface area (Å²) in [6, 6.07) is 0. The second kappa shape index (κ2) is 1.09. The zero-order chi connectivity index (χ0) is 5.40. The van der Waals surface area contributed by atoms with Crippen molar-refractivity contribution >= 4 is 11.0 Å². The van der Waals surface area contributed by atoms with E-state index in [1.54, 1.807) is 0 Å². The van der Waals surface area contributed by atoms with Gasteiger partial charge in [-0.2, -0.15) is 10.2 Å². The summed E-state index contributed by atoms with van der Waals surface area (Å²) in [7, 11) is 0. The highest BCUT2D eigenvalue weighted by Gasteiger charge is 1.93. The molecule has 0 atom stereocenters. The van der Waals surface area contributed by atoms with Gasteiger partial charge in [0.1, 0.15) is 23.4 Å². The Morgan fingerprint density at radius 3 is 2.00 bits per heavy atom. The first-order valence-corrected chi connectivity index (χ1v) is 2.14. The molecular formula is C4H2N4. The van der Waals surface area contributed by atoms with E-state index in [0.29, 0.717) is 0 Å². The highest BCUT2D eigenvalue weighted by atomic mass is 15.2. The first-order chi connectivity index (χ1) is 3.97. The Labute approximate surface area is 44.9 Å². The van der Waals surface area contributed by atoms with E-state index >= 15 is 0 Å². The lowest BCUT2D eigenvalue weighted by molar-refractivity contribution is 1.06. The first-order valence-electron chi connectivity index (χ1n) is 2.14.